The van der Waals surface area contributed by atoms with E-state index in [2.05, 4.69) is 17.1 Å². The normalized spacial score (nSPS) is 11.4. The van der Waals surface area contributed by atoms with Crippen LogP contribution in [0.15, 0.2) is 84.9 Å². The molecule has 6 rings (SSSR count). The van der Waals surface area contributed by atoms with Gasteiger partial charge in [-0.15, -0.1) is 0 Å². The molecule has 6 nitrogen and oxygen atoms in total. The summed E-state index contributed by atoms with van der Waals surface area (Å²) in [7, 11) is 0. The van der Waals surface area contributed by atoms with Crippen molar-refractivity contribution in [3.05, 3.63) is 113 Å². The Morgan fingerprint density at radius 1 is 0.605 bits per heavy atom. The van der Waals surface area contributed by atoms with Crippen molar-refractivity contribution in [3.63, 3.8) is 0 Å². The fourth-order valence-corrected chi connectivity index (χ4v) is 5.63. The van der Waals surface area contributed by atoms with Crippen molar-refractivity contribution in [2.75, 3.05) is 13.1 Å². The van der Waals surface area contributed by atoms with Gasteiger partial charge in [0.05, 0.1) is 33.2 Å². The summed E-state index contributed by atoms with van der Waals surface area (Å²) in [5, 5.41) is 11.0. The minimum absolute atomic E-state index is 0.131. The van der Waals surface area contributed by atoms with Crippen LogP contribution in [0.3, 0.4) is 0 Å². The number of halogens is 2. The highest BCUT2D eigenvalue weighted by molar-refractivity contribution is 6.31. The number of hydrogen-bond donors (Lipinski definition) is 2. The quantitative estimate of drug-likeness (QED) is 0.121. The van der Waals surface area contributed by atoms with E-state index in [4.69, 9.17) is 33.2 Å². The second-order valence-electron chi connectivity index (χ2n) is 10.5. The number of pyridine rings is 2. The Labute approximate surface area is 259 Å². The van der Waals surface area contributed by atoms with Crippen LogP contribution in [-0.2, 0) is 0 Å². The molecule has 0 saturated carbocycles. The first-order valence-electron chi connectivity index (χ1n) is 14.3. The van der Waals surface area contributed by atoms with E-state index in [1.807, 2.05) is 60.7 Å². The topological polar surface area (TPSA) is 84.0 Å². The van der Waals surface area contributed by atoms with Gasteiger partial charge in [0.2, 0.25) is 0 Å². The molecule has 0 aliphatic heterocycles. The van der Waals surface area contributed by atoms with Crippen molar-refractivity contribution >= 4 is 78.6 Å². The smallest absolute Gasteiger partial charge is 0.253 e. The molecular formula is C35H29Cl2N4O2. The summed E-state index contributed by atoms with van der Waals surface area (Å²) in [4.78, 5) is 35.3. The lowest BCUT2D eigenvalue weighted by molar-refractivity contribution is 0.0947. The first-order valence-corrected chi connectivity index (χ1v) is 15.1. The van der Waals surface area contributed by atoms with Gasteiger partial charge in [-0.2, -0.15) is 0 Å². The van der Waals surface area contributed by atoms with Gasteiger partial charge >= 0.3 is 0 Å². The number of amides is 2. The molecule has 0 aliphatic carbocycles. The van der Waals surface area contributed by atoms with Crippen molar-refractivity contribution in [2.45, 2.75) is 25.7 Å². The second kappa shape index (κ2) is 12.9. The highest BCUT2D eigenvalue weighted by atomic mass is 35.5. The van der Waals surface area contributed by atoms with E-state index in [1.165, 1.54) is 0 Å². The molecule has 0 fully saturated rings. The van der Waals surface area contributed by atoms with Crippen LogP contribution in [0.1, 0.15) is 46.4 Å². The molecule has 0 atom stereocenters. The molecule has 0 spiro atoms. The van der Waals surface area contributed by atoms with Gasteiger partial charge in [-0.1, -0.05) is 47.5 Å². The molecule has 2 heterocycles. The average molecular weight is 609 g/mol. The number of rotatable bonds is 10. The number of unbranched alkanes of at least 4 members (excludes halogenated alkanes) is 4. The number of fused-ring (bicyclic) bond motifs is 4. The molecule has 2 N–H and O–H groups in total. The van der Waals surface area contributed by atoms with Crippen LogP contribution in [0.4, 0.5) is 0 Å². The molecule has 0 unspecified atom stereocenters. The third-order valence-corrected chi connectivity index (χ3v) is 7.90. The average Bonchev–Trinajstić information content (AvgIpc) is 3.01. The number of aromatic nitrogens is 2. The van der Waals surface area contributed by atoms with Crippen LogP contribution in [0, 0.1) is 6.42 Å². The molecular weight excluding hydrogens is 579 g/mol. The van der Waals surface area contributed by atoms with E-state index in [0.717, 1.165) is 58.3 Å². The SMILES string of the molecule is O=C(NCCC[CH]CCCNC(=O)c1cccc2cc3cc(Cl)ccc3nc12)c1cccc2cc3cc(Cl)ccc3nc12. The Morgan fingerprint density at radius 3 is 1.53 bits per heavy atom. The summed E-state index contributed by atoms with van der Waals surface area (Å²) in [5.74, 6) is -0.261. The van der Waals surface area contributed by atoms with Crippen molar-refractivity contribution < 1.29 is 9.59 Å². The summed E-state index contributed by atoms with van der Waals surface area (Å²) >= 11 is 12.3. The van der Waals surface area contributed by atoms with Gasteiger partial charge in [-0.05, 0) is 92.8 Å². The highest BCUT2D eigenvalue weighted by Crippen LogP contribution is 2.26. The van der Waals surface area contributed by atoms with Crippen LogP contribution in [-0.4, -0.2) is 34.9 Å². The van der Waals surface area contributed by atoms with Crippen LogP contribution >= 0.6 is 23.2 Å². The van der Waals surface area contributed by atoms with Crippen LogP contribution in [0.5, 0.6) is 0 Å². The molecule has 0 saturated heterocycles. The van der Waals surface area contributed by atoms with Gasteiger partial charge in [-0.3, -0.25) is 9.59 Å². The van der Waals surface area contributed by atoms with Crippen molar-refractivity contribution in [3.8, 4) is 0 Å². The summed E-state index contributed by atoms with van der Waals surface area (Å²) in [6.45, 7) is 1.14. The maximum atomic E-state index is 12.9. The zero-order valence-corrected chi connectivity index (χ0v) is 24.9. The third-order valence-electron chi connectivity index (χ3n) is 7.43. The molecule has 43 heavy (non-hydrogen) atoms. The summed E-state index contributed by atoms with van der Waals surface area (Å²) in [6, 6.07) is 26.4. The van der Waals surface area contributed by atoms with E-state index < -0.39 is 0 Å². The number of nitrogens with zero attached hydrogens (tertiary/aromatic N) is 2. The monoisotopic (exact) mass is 607 g/mol. The Morgan fingerprint density at radius 2 is 1.07 bits per heavy atom. The number of benzene rings is 4. The Kier molecular flexibility index (Phi) is 8.68. The van der Waals surface area contributed by atoms with E-state index in [0.29, 0.717) is 45.3 Å². The third kappa shape index (κ3) is 6.56. The first kappa shape index (κ1) is 28.8. The predicted octanol–water partition coefficient (Wildman–Crippen LogP) is 8.32. The van der Waals surface area contributed by atoms with Gasteiger partial charge < -0.3 is 10.6 Å². The van der Waals surface area contributed by atoms with Gasteiger partial charge in [0.25, 0.3) is 11.8 Å². The minimum atomic E-state index is -0.131. The van der Waals surface area contributed by atoms with Gasteiger partial charge in [0, 0.05) is 44.7 Å². The van der Waals surface area contributed by atoms with Gasteiger partial charge in [0.1, 0.15) is 0 Å². The minimum Gasteiger partial charge on any atom is -0.352 e. The lowest BCUT2D eigenvalue weighted by atomic mass is 10.1. The predicted molar refractivity (Wildman–Crippen MR) is 176 cm³/mol. The Hall–Kier alpha value is -4.26. The molecule has 0 aliphatic rings. The highest BCUT2D eigenvalue weighted by Gasteiger charge is 2.13. The largest absolute Gasteiger partial charge is 0.352 e. The zero-order chi connectivity index (χ0) is 29.8. The summed E-state index contributed by atoms with van der Waals surface area (Å²) in [6.07, 6.45) is 5.61. The summed E-state index contributed by atoms with van der Waals surface area (Å²) < 4.78 is 0. The second-order valence-corrected chi connectivity index (χ2v) is 11.4. The van der Waals surface area contributed by atoms with E-state index in [-0.39, 0.29) is 11.8 Å². The van der Waals surface area contributed by atoms with Crippen LogP contribution in [0.25, 0.3) is 43.6 Å². The molecule has 215 valence electrons. The Balaban J connectivity index is 0.939. The number of hydrogen-bond acceptors (Lipinski definition) is 4. The molecule has 2 amide bonds. The molecule has 6 aromatic rings. The summed E-state index contributed by atoms with van der Waals surface area (Å²) in [5.41, 5.74) is 4.09. The van der Waals surface area contributed by atoms with Gasteiger partial charge in [0.15, 0.2) is 0 Å². The maximum Gasteiger partial charge on any atom is 0.253 e. The van der Waals surface area contributed by atoms with Crippen LogP contribution in [0.2, 0.25) is 10.0 Å². The molecule has 1 radical (unpaired) electrons. The van der Waals surface area contributed by atoms with Crippen molar-refractivity contribution in [1.82, 2.24) is 20.6 Å². The van der Waals surface area contributed by atoms with Crippen molar-refractivity contribution in [1.29, 1.82) is 0 Å². The molecule has 0 bridgehead atoms. The number of carbonyl (C=O) groups is 2. The number of para-hydroxylation sites is 2. The lowest BCUT2D eigenvalue weighted by Crippen LogP contribution is -2.25. The first-order chi connectivity index (χ1) is 21.0. The Bertz CT molecular complexity index is 1850. The number of carbonyl (C=O) groups excluding carboxylic acids is 2. The fourth-order valence-electron chi connectivity index (χ4n) is 5.26. The maximum absolute atomic E-state index is 12.9. The molecule has 2 aromatic heterocycles. The van der Waals surface area contributed by atoms with E-state index in [9.17, 15) is 9.59 Å². The molecule has 4 aromatic carbocycles. The van der Waals surface area contributed by atoms with Crippen molar-refractivity contribution in [2.24, 2.45) is 0 Å². The number of nitrogens with one attached hydrogen (secondary N) is 2. The van der Waals surface area contributed by atoms with E-state index >= 15 is 0 Å². The molecule has 8 heteroatoms. The zero-order valence-electron chi connectivity index (χ0n) is 23.4. The van der Waals surface area contributed by atoms with Gasteiger partial charge in [-0.25, -0.2) is 9.97 Å². The fraction of sp³-hybridized carbons (Fsp3) is 0.171. The standard InChI is InChI=1S/C35H29Cl2N4O2/c36-26-12-14-30-24(20-26)18-22-8-6-10-28(32(22)40-30)34(42)38-16-4-2-1-3-5-17-39-35(43)29-11-7-9-23-19-25-21-27(37)13-15-31(25)41-33(23)29/h1,6-15,18-21H,2-5,16-17H2,(H,38,42)(H,39,43). The van der Waals surface area contributed by atoms with Crippen LogP contribution < -0.4 is 10.6 Å². The van der Waals surface area contributed by atoms with E-state index in [1.54, 1.807) is 24.3 Å². The lowest BCUT2D eigenvalue weighted by Gasteiger charge is -2.10.